The second-order valence-electron chi connectivity index (χ2n) is 4.17. The molecule has 1 rings (SSSR count). The predicted octanol–water partition coefficient (Wildman–Crippen LogP) is 1.40. The Labute approximate surface area is 100 Å². The largest absolute Gasteiger partial charge is 0.397 e. The Balaban J connectivity index is 2.43. The number of thiophene rings is 1. The predicted molar refractivity (Wildman–Crippen MR) is 68.8 cm³/mol. The lowest BCUT2D eigenvalue weighted by molar-refractivity contribution is 0.0941. The molecule has 16 heavy (non-hydrogen) atoms. The second kappa shape index (κ2) is 5.86. The van der Waals surface area contributed by atoms with Crippen LogP contribution in [-0.4, -0.2) is 37.5 Å². The van der Waals surface area contributed by atoms with Crippen molar-refractivity contribution < 1.29 is 4.79 Å². The first-order chi connectivity index (χ1) is 7.50. The number of anilines is 1. The van der Waals surface area contributed by atoms with Crippen molar-refractivity contribution in [3.05, 3.63) is 16.3 Å². The van der Waals surface area contributed by atoms with E-state index in [2.05, 4.69) is 10.2 Å². The van der Waals surface area contributed by atoms with Crippen molar-refractivity contribution in [2.45, 2.75) is 19.4 Å². The minimum Gasteiger partial charge on any atom is -0.397 e. The van der Waals surface area contributed by atoms with Crippen LogP contribution in [0.1, 0.15) is 23.0 Å². The van der Waals surface area contributed by atoms with Crippen LogP contribution in [0.25, 0.3) is 0 Å². The van der Waals surface area contributed by atoms with Gasteiger partial charge < -0.3 is 16.0 Å². The molecule has 0 bridgehead atoms. The van der Waals surface area contributed by atoms with E-state index in [1.54, 1.807) is 6.07 Å². The van der Waals surface area contributed by atoms with Gasteiger partial charge in [-0.2, -0.15) is 0 Å². The second-order valence-corrected chi connectivity index (χ2v) is 5.09. The summed E-state index contributed by atoms with van der Waals surface area (Å²) in [6, 6.07) is 1.92. The third-order valence-corrected chi connectivity index (χ3v) is 3.22. The van der Waals surface area contributed by atoms with Crippen molar-refractivity contribution in [2.24, 2.45) is 0 Å². The molecule has 0 radical (unpaired) electrons. The molecule has 5 heteroatoms. The van der Waals surface area contributed by atoms with E-state index in [0.717, 1.165) is 13.0 Å². The molecule has 0 saturated heterocycles. The first-order valence-corrected chi connectivity index (χ1v) is 6.17. The molecule has 1 heterocycles. The van der Waals surface area contributed by atoms with Crippen molar-refractivity contribution in [3.8, 4) is 0 Å². The molecular weight excluding hydrogens is 222 g/mol. The summed E-state index contributed by atoms with van der Waals surface area (Å²) in [7, 11) is 4.04. The molecule has 4 nitrogen and oxygen atoms in total. The van der Waals surface area contributed by atoms with Gasteiger partial charge in [-0.3, -0.25) is 4.79 Å². The minimum atomic E-state index is -0.0706. The monoisotopic (exact) mass is 241 g/mol. The summed E-state index contributed by atoms with van der Waals surface area (Å²) >= 11 is 1.38. The van der Waals surface area contributed by atoms with Crippen LogP contribution in [0.15, 0.2) is 11.4 Å². The summed E-state index contributed by atoms with van der Waals surface area (Å²) in [5.74, 6) is -0.0706. The van der Waals surface area contributed by atoms with Crippen LogP contribution >= 0.6 is 11.3 Å². The van der Waals surface area contributed by atoms with E-state index in [9.17, 15) is 4.79 Å². The molecule has 0 aliphatic rings. The van der Waals surface area contributed by atoms with E-state index in [1.165, 1.54) is 11.3 Å². The molecule has 0 aromatic carbocycles. The Morgan fingerprint density at radius 2 is 2.31 bits per heavy atom. The van der Waals surface area contributed by atoms with E-state index in [1.807, 2.05) is 26.4 Å². The maximum absolute atomic E-state index is 11.8. The van der Waals surface area contributed by atoms with Crippen LogP contribution in [0.5, 0.6) is 0 Å². The zero-order valence-corrected chi connectivity index (χ0v) is 10.8. The molecule has 0 aliphatic heterocycles. The fourth-order valence-corrected chi connectivity index (χ4v) is 2.04. The van der Waals surface area contributed by atoms with Crippen LogP contribution in [0.2, 0.25) is 0 Å². The Hall–Kier alpha value is -1.07. The molecule has 0 saturated carbocycles. The van der Waals surface area contributed by atoms with Gasteiger partial charge in [0.05, 0.1) is 5.69 Å². The molecule has 1 aromatic heterocycles. The number of hydrogen-bond acceptors (Lipinski definition) is 4. The lowest BCUT2D eigenvalue weighted by Crippen LogP contribution is -2.34. The molecule has 90 valence electrons. The number of hydrogen-bond donors (Lipinski definition) is 2. The molecule has 0 fully saturated rings. The third-order valence-electron chi connectivity index (χ3n) is 2.29. The average Bonchev–Trinajstić information content (AvgIpc) is 2.61. The van der Waals surface area contributed by atoms with Gasteiger partial charge in [-0.05, 0) is 45.4 Å². The third kappa shape index (κ3) is 3.83. The van der Waals surface area contributed by atoms with Gasteiger partial charge in [-0.15, -0.1) is 11.3 Å². The van der Waals surface area contributed by atoms with Gasteiger partial charge in [-0.1, -0.05) is 0 Å². The van der Waals surface area contributed by atoms with Crippen LogP contribution in [0.3, 0.4) is 0 Å². The van der Waals surface area contributed by atoms with Gasteiger partial charge in [0.1, 0.15) is 4.88 Å². The molecule has 0 spiro atoms. The van der Waals surface area contributed by atoms with Crippen LogP contribution in [0.4, 0.5) is 5.69 Å². The van der Waals surface area contributed by atoms with E-state index >= 15 is 0 Å². The fourth-order valence-electron chi connectivity index (χ4n) is 1.32. The highest BCUT2D eigenvalue weighted by Gasteiger charge is 2.13. The highest BCUT2D eigenvalue weighted by Crippen LogP contribution is 2.18. The van der Waals surface area contributed by atoms with Gasteiger partial charge in [0.2, 0.25) is 0 Å². The van der Waals surface area contributed by atoms with Crippen molar-refractivity contribution in [1.29, 1.82) is 0 Å². The highest BCUT2D eigenvalue weighted by molar-refractivity contribution is 7.12. The summed E-state index contributed by atoms with van der Waals surface area (Å²) < 4.78 is 0. The molecule has 0 aliphatic carbocycles. The van der Waals surface area contributed by atoms with Crippen molar-refractivity contribution in [2.75, 3.05) is 26.4 Å². The van der Waals surface area contributed by atoms with Crippen LogP contribution in [-0.2, 0) is 0 Å². The number of nitrogens with zero attached hydrogens (tertiary/aromatic N) is 1. The highest BCUT2D eigenvalue weighted by atomic mass is 32.1. The van der Waals surface area contributed by atoms with Gasteiger partial charge in [0, 0.05) is 6.04 Å². The van der Waals surface area contributed by atoms with Crippen molar-refractivity contribution in [1.82, 2.24) is 10.2 Å². The van der Waals surface area contributed by atoms with Gasteiger partial charge in [0.15, 0.2) is 0 Å². The smallest absolute Gasteiger partial charge is 0.263 e. The summed E-state index contributed by atoms with van der Waals surface area (Å²) in [6.45, 7) is 2.96. The Kier molecular flexibility index (Phi) is 4.76. The summed E-state index contributed by atoms with van der Waals surface area (Å²) in [5.41, 5.74) is 6.24. The number of nitrogen functional groups attached to an aromatic ring is 1. The first-order valence-electron chi connectivity index (χ1n) is 5.29. The molecule has 1 atom stereocenters. The Morgan fingerprint density at radius 3 is 2.81 bits per heavy atom. The summed E-state index contributed by atoms with van der Waals surface area (Å²) in [5, 5.41) is 4.77. The molecule has 1 amide bonds. The standard InChI is InChI=1S/C11H19N3OS/c1-8(4-6-14(2)3)13-11(15)10-9(12)5-7-16-10/h5,7-8H,4,6,12H2,1-3H3,(H,13,15). The fraction of sp³-hybridized carbons (Fsp3) is 0.545. The number of carbonyl (C=O) groups excluding carboxylic acids is 1. The molecular formula is C11H19N3OS. The zero-order valence-electron chi connectivity index (χ0n) is 9.99. The zero-order chi connectivity index (χ0) is 12.1. The maximum atomic E-state index is 11.8. The normalized spacial score (nSPS) is 12.8. The summed E-state index contributed by atoms with van der Waals surface area (Å²) in [6.07, 6.45) is 0.935. The van der Waals surface area contributed by atoms with E-state index in [0.29, 0.717) is 10.6 Å². The minimum absolute atomic E-state index is 0.0706. The van der Waals surface area contributed by atoms with Gasteiger partial charge in [0.25, 0.3) is 5.91 Å². The molecule has 1 unspecified atom stereocenters. The number of nitrogens with one attached hydrogen (secondary N) is 1. The Bertz CT molecular complexity index is 349. The maximum Gasteiger partial charge on any atom is 0.263 e. The Morgan fingerprint density at radius 1 is 1.62 bits per heavy atom. The quantitative estimate of drug-likeness (QED) is 0.819. The van der Waals surface area contributed by atoms with E-state index < -0.39 is 0 Å². The van der Waals surface area contributed by atoms with Crippen LogP contribution in [0, 0.1) is 0 Å². The topological polar surface area (TPSA) is 58.4 Å². The average molecular weight is 241 g/mol. The van der Waals surface area contributed by atoms with Crippen molar-refractivity contribution in [3.63, 3.8) is 0 Å². The summed E-state index contributed by atoms with van der Waals surface area (Å²) in [4.78, 5) is 14.5. The molecule has 1 aromatic rings. The SMILES string of the molecule is CC(CCN(C)C)NC(=O)c1sccc1N. The lowest BCUT2D eigenvalue weighted by atomic mass is 10.2. The van der Waals surface area contributed by atoms with E-state index in [-0.39, 0.29) is 11.9 Å². The van der Waals surface area contributed by atoms with E-state index in [4.69, 9.17) is 5.73 Å². The van der Waals surface area contributed by atoms with Crippen molar-refractivity contribution >= 4 is 22.9 Å². The van der Waals surface area contributed by atoms with Crippen LogP contribution < -0.4 is 11.1 Å². The first kappa shape index (κ1) is 13.0. The van der Waals surface area contributed by atoms with Gasteiger partial charge >= 0.3 is 0 Å². The number of nitrogens with two attached hydrogens (primary N) is 1. The number of rotatable bonds is 5. The number of amides is 1. The molecule has 3 N–H and O–H groups in total. The number of carbonyl (C=O) groups is 1. The van der Waals surface area contributed by atoms with Gasteiger partial charge in [-0.25, -0.2) is 0 Å². The lowest BCUT2D eigenvalue weighted by Gasteiger charge is -2.16.